The number of hydrogen-bond acceptors (Lipinski definition) is 4. The Morgan fingerprint density at radius 2 is 1.72 bits per heavy atom. The van der Waals surface area contributed by atoms with Crippen molar-refractivity contribution in [1.29, 1.82) is 0 Å². The van der Waals surface area contributed by atoms with Crippen LogP contribution in [0.25, 0.3) is 6.08 Å². The van der Waals surface area contributed by atoms with E-state index in [1.54, 1.807) is 29.2 Å². The second-order valence-electron chi connectivity index (χ2n) is 7.68. The molecule has 1 saturated heterocycles. The number of esters is 1. The summed E-state index contributed by atoms with van der Waals surface area (Å²) >= 11 is 0. The van der Waals surface area contributed by atoms with Gasteiger partial charge in [0, 0.05) is 25.7 Å². The SMILES string of the molecule is O=C(COC(=O)C1CCN(C(=O)/C=C/c2ccccc2)CC1)NCCc1ccc(F)cc1. The summed E-state index contributed by atoms with van der Waals surface area (Å²) in [6, 6.07) is 15.7. The topological polar surface area (TPSA) is 75.7 Å². The van der Waals surface area contributed by atoms with E-state index in [0.717, 1.165) is 11.1 Å². The number of carbonyl (C=O) groups excluding carboxylic acids is 3. The van der Waals surface area contributed by atoms with Gasteiger partial charge < -0.3 is 15.0 Å². The maximum absolute atomic E-state index is 12.9. The number of piperidine rings is 1. The number of nitrogens with zero attached hydrogens (tertiary/aromatic N) is 1. The zero-order chi connectivity index (χ0) is 22.8. The third kappa shape index (κ3) is 7.34. The van der Waals surface area contributed by atoms with Crippen LogP contribution in [0.2, 0.25) is 0 Å². The fourth-order valence-corrected chi connectivity index (χ4v) is 3.48. The second-order valence-corrected chi connectivity index (χ2v) is 7.68. The van der Waals surface area contributed by atoms with Crippen LogP contribution < -0.4 is 5.32 Å². The molecular weight excluding hydrogens is 411 g/mol. The first-order chi connectivity index (χ1) is 15.5. The quantitative estimate of drug-likeness (QED) is 0.508. The number of nitrogens with one attached hydrogen (secondary N) is 1. The summed E-state index contributed by atoms with van der Waals surface area (Å²) in [5.41, 5.74) is 1.86. The minimum Gasteiger partial charge on any atom is -0.455 e. The smallest absolute Gasteiger partial charge is 0.309 e. The van der Waals surface area contributed by atoms with Crippen molar-refractivity contribution >= 4 is 23.9 Å². The number of halogens is 1. The van der Waals surface area contributed by atoms with Gasteiger partial charge in [-0.05, 0) is 48.6 Å². The Bertz CT molecular complexity index is 936. The van der Waals surface area contributed by atoms with Crippen molar-refractivity contribution in [3.63, 3.8) is 0 Å². The Balaban J connectivity index is 1.32. The molecule has 168 valence electrons. The van der Waals surface area contributed by atoms with E-state index in [1.807, 2.05) is 30.3 Å². The van der Waals surface area contributed by atoms with Gasteiger partial charge in [-0.15, -0.1) is 0 Å². The number of amides is 2. The van der Waals surface area contributed by atoms with Gasteiger partial charge in [0.05, 0.1) is 5.92 Å². The van der Waals surface area contributed by atoms with Crippen molar-refractivity contribution in [3.05, 3.63) is 77.6 Å². The fourth-order valence-electron chi connectivity index (χ4n) is 3.48. The zero-order valence-corrected chi connectivity index (χ0v) is 17.8. The van der Waals surface area contributed by atoms with Crippen molar-refractivity contribution in [2.45, 2.75) is 19.3 Å². The largest absolute Gasteiger partial charge is 0.455 e. The molecule has 32 heavy (non-hydrogen) atoms. The Morgan fingerprint density at radius 1 is 1.03 bits per heavy atom. The van der Waals surface area contributed by atoms with Gasteiger partial charge in [0.15, 0.2) is 6.61 Å². The third-order valence-electron chi connectivity index (χ3n) is 5.35. The van der Waals surface area contributed by atoms with Crippen LogP contribution in [-0.2, 0) is 25.5 Å². The summed E-state index contributed by atoms with van der Waals surface area (Å²) < 4.78 is 18.0. The van der Waals surface area contributed by atoms with Gasteiger partial charge in [0.25, 0.3) is 5.91 Å². The van der Waals surface area contributed by atoms with Crippen LogP contribution in [0, 0.1) is 11.7 Å². The molecule has 0 spiro atoms. The normalized spacial score (nSPS) is 14.3. The van der Waals surface area contributed by atoms with Crippen molar-refractivity contribution in [1.82, 2.24) is 10.2 Å². The van der Waals surface area contributed by atoms with Gasteiger partial charge in [-0.3, -0.25) is 14.4 Å². The van der Waals surface area contributed by atoms with Crippen LogP contribution in [-0.4, -0.2) is 48.9 Å². The van der Waals surface area contributed by atoms with Crippen molar-refractivity contribution in [3.8, 4) is 0 Å². The summed E-state index contributed by atoms with van der Waals surface area (Å²) in [6.45, 7) is 0.990. The molecule has 0 saturated carbocycles. The van der Waals surface area contributed by atoms with E-state index in [9.17, 15) is 18.8 Å². The van der Waals surface area contributed by atoms with E-state index < -0.39 is 5.97 Å². The number of benzene rings is 2. The molecule has 1 heterocycles. The average Bonchev–Trinajstić information content (AvgIpc) is 2.83. The van der Waals surface area contributed by atoms with E-state index in [-0.39, 0.29) is 30.2 Å². The summed E-state index contributed by atoms with van der Waals surface area (Å²) in [5.74, 6) is -1.49. The lowest BCUT2D eigenvalue weighted by Gasteiger charge is -2.30. The first-order valence-corrected chi connectivity index (χ1v) is 10.7. The molecular formula is C25H27FN2O4. The molecule has 0 atom stereocenters. The Labute approximate surface area is 187 Å². The van der Waals surface area contributed by atoms with E-state index in [0.29, 0.717) is 38.9 Å². The van der Waals surface area contributed by atoms with Gasteiger partial charge in [0.2, 0.25) is 5.91 Å². The molecule has 6 nitrogen and oxygen atoms in total. The predicted molar refractivity (Wildman–Crippen MR) is 119 cm³/mol. The molecule has 3 rings (SSSR count). The summed E-state index contributed by atoms with van der Waals surface area (Å²) in [5, 5.41) is 2.68. The monoisotopic (exact) mass is 438 g/mol. The molecule has 1 aliphatic heterocycles. The molecule has 0 unspecified atom stereocenters. The van der Waals surface area contributed by atoms with Crippen molar-refractivity contribution in [2.75, 3.05) is 26.2 Å². The Hall–Kier alpha value is -3.48. The van der Waals surface area contributed by atoms with Crippen LogP contribution in [0.5, 0.6) is 0 Å². The molecule has 1 aliphatic rings. The standard InChI is InChI=1S/C25H27FN2O4/c26-22-9-6-20(7-10-22)12-15-27-23(29)18-32-25(31)21-13-16-28(17-14-21)24(30)11-8-19-4-2-1-3-5-19/h1-11,21H,12-18H2,(H,27,29)/b11-8+. The molecule has 0 bridgehead atoms. The minimum atomic E-state index is -0.411. The van der Waals surface area contributed by atoms with Crippen LogP contribution in [0.3, 0.4) is 0 Å². The first kappa shape index (κ1) is 23.2. The van der Waals surface area contributed by atoms with E-state index >= 15 is 0 Å². The van der Waals surface area contributed by atoms with E-state index in [4.69, 9.17) is 4.74 Å². The molecule has 2 amide bonds. The zero-order valence-electron chi connectivity index (χ0n) is 17.8. The maximum Gasteiger partial charge on any atom is 0.309 e. The number of rotatable bonds is 8. The second kappa shape index (κ2) is 11.8. The van der Waals surface area contributed by atoms with Crippen molar-refractivity contribution < 1.29 is 23.5 Å². The number of likely N-dealkylation sites (tertiary alicyclic amines) is 1. The molecule has 0 radical (unpaired) electrons. The molecule has 0 aromatic heterocycles. The van der Waals surface area contributed by atoms with E-state index in [1.165, 1.54) is 12.1 Å². The number of hydrogen-bond donors (Lipinski definition) is 1. The van der Waals surface area contributed by atoms with Gasteiger partial charge in [-0.1, -0.05) is 42.5 Å². The van der Waals surface area contributed by atoms with Crippen LogP contribution in [0.4, 0.5) is 4.39 Å². The molecule has 2 aromatic rings. The lowest BCUT2D eigenvalue weighted by molar-refractivity contribution is -0.154. The fraction of sp³-hybridized carbons (Fsp3) is 0.320. The highest BCUT2D eigenvalue weighted by molar-refractivity contribution is 5.92. The Morgan fingerprint density at radius 3 is 2.41 bits per heavy atom. The minimum absolute atomic E-state index is 0.0822. The van der Waals surface area contributed by atoms with Crippen LogP contribution in [0.15, 0.2) is 60.7 Å². The molecule has 1 N–H and O–H groups in total. The maximum atomic E-state index is 12.9. The summed E-state index contributed by atoms with van der Waals surface area (Å²) in [4.78, 5) is 38.2. The molecule has 2 aromatic carbocycles. The number of carbonyl (C=O) groups is 3. The number of ether oxygens (including phenoxy) is 1. The molecule has 0 aliphatic carbocycles. The highest BCUT2D eigenvalue weighted by Gasteiger charge is 2.28. The average molecular weight is 438 g/mol. The lowest BCUT2D eigenvalue weighted by atomic mass is 9.97. The Kier molecular flexibility index (Phi) is 8.54. The predicted octanol–water partition coefficient (Wildman–Crippen LogP) is 2.98. The van der Waals surface area contributed by atoms with Gasteiger partial charge in [0.1, 0.15) is 5.82 Å². The van der Waals surface area contributed by atoms with Crippen LogP contribution in [0.1, 0.15) is 24.0 Å². The van der Waals surface area contributed by atoms with Gasteiger partial charge in [-0.2, -0.15) is 0 Å². The molecule has 7 heteroatoms. The van der Waals surface area contributed by atoms with Crippen molar-refractivity contribution in [2.24, 2.45) is 5.92 Å². The highest BCUT2D eigenvalue weighted by Crippen LogP contribution is 2.19. The van der Waals surface area contributed by atoms with Gasteiger partial charge in [-0.25, -0.2) is 4.39 Å². The van der Waals surface area contributed by atoms with Gasteiger partial charge >= 0.3 is 5.97 Å². The third-order valence-corrected chi connectivity index (χ3v) is 5.35. The van der Waals surface area contributed by atoms with Crippen LogP contribution >= 0.6 is 0 Å². The summed E-state index contributed by atoms with van der Waals surface area (Å²) in [6.07, 6.45) is 4.90. The molecule has 1 fully saturated rings. The highest BCUT2D eigenvalue weighted by atomic mass is 19.1. The first-order valence-electron chi connectivity index (χ1n) is 10.7. The lowest BCUT2D eigenvalue weighted by Crippen LogP contribution is -2.40. The summed E-state index contributed by atoms with van der Waals surface area (Å²) in [7, 11) is 0. The van der Waals surface area contributed by atoms with E-state index in [2.05, 4.69) is 5.32 Å².